The lowest BCUT2D eigenvalue weighted by molar-refractivity contribution is -0.135. The zero-order valence-corrected chi connectivity index (χ0v) is 19.7. The molecule has 1 aromatic heterocycles. The molecule has 2 heterocycles. The molecule has 0 spiro atoms. The van der Waals surface area contributed by atoms with Gasteiger partial charge < -0.3 is 19.9 Å². The van der Waals surface area contributed by atoms with E-state index in [1.165, 1.54) is 10.4 Å². The second-order valence-corrected chi connectivity index (χ2v) is 9.04. The average molecular weight is 444 g/mol. The van der Waals surface area contributed by atoms with Crippen LogP contribution in [0.4, 0.5) is 4.79 Å². The van der Waals surface area contributed by atoms with Gasteiger partial charge in [-0.25, -0.2) is 4.79 Å². The Labute approximate surface area is 189 Å². The molecule has 1 aliphatic heterocycles. The highest BCUT2D eigenvalue weighted by molar-refractivity contribution is 7.10. The SMILES string of the molecule is CCNC(=O)N(CC)CC(=O)N1CCc2sccc2C1COc1ccc(C(C)C)cc1. The number of thiophene rings is 1. The van der Waals surface area contributed by atoms with Gasteiger partial charge >= 0.3 is 6.03 Å². The van der Waals surface area contributed by atoms with Gasteiger partial charge in [0.25, 0.3) is 0 Å². The first kappa shape index (κ1) is 23.1. The number of urea groups is 1. The second kappa shape index (κ2) is 10.7. The first-order valence-electron chi connectivity index (χ1n) is 11.1. The van der Waals surface area contributed by atoms with Crippen LogP contribution in [0.2, 0.25) is 0 Å². The maximum absolute atomic E-state index is 13.2. The van der Waals surface area contributed by atoms with Gasteiger partial charge in [0.2, 0.25) is 5.91 Å². The molecule has 0 aliphatic carbocycles. The van der Waals surface area contributed by atoms with Crippen molar-refractivity contribution in [3.05, 3.63) is 51.7 Å². The van der Waals surface area contributed by atoms with E-state index < -0.39 is 0 Å². The lowest BCUT2D eigenvalue weighted by atomic mass is 10.00. The van der Waals surface area contributed by atoms with Crippen molar-refractivity contribution in [2.45, 2.75) is 46.1 Å². The standard InChI is InChI=1S/C24H33N3O3S/c1-5-25-24(29)26(6-2)15-23(28)27-13-11-22-20(12-14-31-22)21(27)16-30-19-9-7-18(8-10-19)17(3)4/h7-10,12,14,17,21H,5-6,11,13,15-16H2,1-4H3,(H,25,29). The molecule has 0 bridgehead atoms. The zero-order chi connectivity index (χ0) is 22.4. The number of carbonyl (C=O) groups is 2. The largest absolute Gasteiger partial charge is 0.491 e. The number of nitrogens with zero attached hydrogens (tertiary/aromatic N) is 2. The Morgan fingerprint density at radius 1 is 1.23 bits per heavy atom. The lowest BCUT2D eigenvalue weighted by Gasteiger charge is -2.37. The Kier molecular flexibility index (Phi) is 7.96. The summed E-state index contributed by atoms with van der Waals surface area (Å²) >= 11 is 1.73. The third-order valence-electron chi connectivity index (χ3n) is 5.69. The molecule has 31 heavy (non-hydrogen) atoms. The van der Waals surface area contributed by atoms with Crippen LogP contribution in [0.5, 0.6) is 5.75 Å². The molecule has 3 amide bonds. The summed E-state index contributed by atoms with van der Waals surface area (Å²) in [6.45, 7) is 10.2. The number of carbonyl (C=O) groups excluding carboxylic acids is 2. The van der Waals surface area contributed by atoms with Gasteiger partial charge in [0.1, 0.15) is 18.9 Å². The normalized spacial score (nSPS) is 15.5. The third-order valence-corrected chi connectivity index (χ3v) is 6.69. The molecule has 1 atom stereocenters. The summed E-state index contributed by atoms with van der Waals surface area (Å²) in [5.74, 6) is 1.23. The molecular weight excluding hydrogens is 410 g/mol. The highest BCUT2D eigenvalue weighted by atomic mass is 32.1. The molecule has 1 N–H and O–H groups in total. The van der Waals surface area contributed by atoms with E-state index in [0.29, 0.717) is 32.2 Å². The van der Waals surface area contributed by atoms with Crippen LogP contribution in [0.15, 0.2) is 35.7 Å². The van der Waals surface area contributed by atoms with Crippen LogP contribution in [-0.2, 0) is 11.2 Å². The van der Waals surface area contributed by atoms with Crippen molar-refractivity contribution < 1.29 is 14.3 Å². The molecular formula is C24H33N3O3S. The Bertz CT molecular complexity index is 878. The van der Waals surface area contributed by atoms with E-state index in [0.717, 1.165) is 17.7 Å². The predicted molar refractivity (Wildman–Crippen MR) is 125 cm³/mol. The molecule has 1 unspecified atom stereocenters. The summed E-state index contributed by atoms with van der Waals surface area (Å²) in [6.07, 6.45) is 0.839. The van der Waals surface area contributed by atoms with Crippen LogP contribution in [0.1, 0.15) is 55.7 Å². The van der Waals surface area contributed by atoms with E-state index in [2.05, 4.69) is 42.7 Å². The van der Waals surface area contributed by atoms with Crippen LogP contribution < -0.4 is 10.1 Å². The first-order chi connectivity index (χ1) is 14.9. The quantitative estimate of drug-likeness (QED) is 0.657. The minimum absolute atomic E-state index is 0.0475. The summed E-state index contributed by atoms with van der Waals surface area (Å²) in [4.78, 5) is 30.2. The fourth-order valence-electron chi connectivity index (χ4n) is 3.84. The van der Waals surface area contributed by atoms with E-state index in [1.807, 2.05) is 30.9 Å². The number of ether oxygens (including phenoxy) is 1. The van der Waals surface area contributed by atoms with Crippen molar-refractivity contribution in [1.82, 2.24) is 15.1 Å². The number of hydrogen-bond acceptors (Lipinski definition) is 4. The lowest BCUT2D eigenvalue weighted by Crippen LogP contribution is -2.49. The minimum atomic E-state index is -0.204. The van der Waals surface area contributed by atoms with Crippen molar-refractivity contribution in [1.29, 1.82) is 0 Å². The molecule has 6 nitrogen and oxygen atoms in total. The van der Waals surface area contributed by atoms with Crippen LogP contribution in [0.3, 0.4) is 0 Å². The summed E-state index contributed by atoms with van der Waals surface area (Å²) in [7, 11) is 0. The van der Waals surface area contributed by atoms with Crippen molar-refractivity contribution in [3.63, 3.8) is 0 Å². The van der Waals surface area contributed by atoms with Gasteiger partial charge in [0, 0.05) is 24.5 Å². The van der Waals surface area contributed by atoms with Crippen molar-refractivity contribution in [2.75, 3.05) is 32.8 Å². The summed E-state index contributed by atoms with van der Waals surface area (Å²) in [5, 5.41) is 4.86. The number of fused-ring (bicyclic) bond motifs is 1. The Hall–Kier alpha value is -2.54. The number of benzene rings is 1. The molecule has 0 saturated heterocycles. The fourth-order valence-corrected chi connectivity index (χ4v) is 4.77. The minimum Gasteiger partial charge on any atom is -0.491 e. The van der Waals surface area contributed by atoms with E-state index in [4.69, 9.17) is 4.74 Å². The third kappa shape index (κ3) is 5.58. The molecule has 3 rings (SSSR count). The summed E-state index contributed by atoms with van der Waals surface area (Å²) in [6, 6.07) is 9.90. The van der Waals surface area contributed by atoms with Crippen LogP contribution in [0, 0.1) is 0 Å². The van der Waals surface area contributed by atoms with E-state index in [1.54, 1.807) is 16.2 Å². The average Bonchev–Trinajstić information content (AvgIpc) is 3.25. The number of likely N-dealkylation sites (N-methyl/N-ethyl adjacent to an activating group) is 1. The number of nitrogens with one attached hydrogen (secondary N) is 1. The van der Waals surface area contributed by atoms with Gasteiger partial charge in [-0.1, -0.05) is 26.0 Å². The van der Waals surface area contributed by atoms with E-state index >= 15 is 0 Å². The molecule has 0 saturated carbocycles. The van der Waals surface area contributed by atoms with Crippen LogP contribution in [-0.4, -0.2) is 54.5 Å². The second-order valence-electron chi connectivity index (χ2n) is 8.04. The highest BCUT2D eigenvalue weighted by Crippen LogP contribution is 2.34. The molecule has 0 radical (unpaired) electrons. The van der Waals surface area contributed by atoms with Crippen molar-refractivity contribution in [2.24, 2.45) is 0 Å². The summed E-state index contributed by atoms with van der Waals surface area (Å²) < 4.78 is 6.12. The Morgan fingerprint density at radius 3 is 2.61 bits per heavy atom. The molecule has 0 fully saturated rings. The monoisotopic (exact) mass is 443 g/mol. The zero-order valence-electron chi connectivity index (χ0n) is 18.9. The first-order valence-corrected chi connectivity index (χ1v) is 11.9. The van der Waals surface area contributed by atoms with E-state index in [-0.39, 0.29) is 24.5 Å². The Morgan fingerprint density at radius 2 is 1.97 bits per heavy atom. The molecule has 168 valence electrons. The van der Waals surface area contributed by atoms with Crippen LogP contribution >= 0.6 is 11.3 Å². The maximum atomic E-state index is 13.2. The van der Waals surface area contributed by atoms with Gasteiger partial charge in [-0.15, -0.1) is 11.3 Å². The smallest absolute Gasteiger partial charge is 0.317 e. The van der Waals surface area contributed by atoms with Gasteiger partial charge in [-0.05, 0) is 60.9 Å². The van der Waals surface area contributed by atoms with Crippen LogP contribution in [0.25, 0.3) is 0 Å². The number of rotatable bonds is 8. The molecule has 1 aromatic carbocycles. The predicted octanol–water partition coefficient (Wildman–Crippen LogP) is 4.43. The van der Waals surface area contributed by atoms with Gasteiger partial charge in [-0.2, -0.15) is 0 Å². The van der Waals surface area contributed by atoms with Gasteiger partial charge in [0.05, 0.1) is 6.04 Å². The molecule has 2 aromatic rings. The molecule has 1 aliphatic rings. The van der Waals surface area contributed by atoms with Gasteiger partial charge in [-0.3, -0.25) is 4.79 Å². The maximum Gasteiger partial charge on any atom is 0.317 e. The highest BCUT2D eigenvalue weighted by Gasteiger charge is 2.33. The van der Waals surface area contributed by atoms with Crippen molar-refractivity contribution >= 4 is 23.3 Å². The Balaban J connectivity index is 1.73. The van der Waals surface area contributed by atoms with Crippen molar-refractivity contribution in [3.8, 4) is 5.75 Å². The van der Waals surface area contributed by atoms with Gasteiger partial charge in [0.15, 0.2) is 0 Å². The van der Waals surface area contributed by atoms with E-state index in [9.17, 15) is 9.59 Å². The molecule has 7 heteroatoms. The number of amides is 3. The fraction of sp³-hybridized carbons (Fsp3) is 0.500. The number of hydrogen-bond donors (Lipinski definition) is 1. The summed E-state index contributed by atoms with van der Waals surface area (Å²) in [5.41, 5.74) is 2.43. The topological polar surface area (TPSA) is 61.9 Å².